The minimum Gasteiger partial charge on any atom is -0.480 e. The molecule has 0 aliphatic rings. The van der Waals surface area contributed by atoms with E-state index in [-0.39, 0.29) is 6.54 Å². The van der Waals surface area contributed by atoms with Crippen molar-refractivity contribution in [1.82, 2.24) is 9.78 Å². The van der Waals surface area contributed by atoms with Gasteiger partial charge in [-0.3, -0.25) is 9.48 Å². The van der Waals surface area contributed by atoms with Gasteiger partial charge in [0.2, 0.25) is 0 Å². The first kappa shape index (κ1) is 12.5. The van der Waals surface area contributed by atoms with Crippen molar-refractivity contribution in [3.05, 3.63) is 18.0 Å². The molecule has 0 radical (unpaired) electrons. The zero-order valence-corrected chi connectivity index (χ0v) is 8.32. The lowest BCUT2D eigenvalue weighted by Crippen LogP contribution is -2.48. The van der Waals surface area contributed by atoms with Crippen LogP contribution in [0.25, 0.3) is 0 Å². The van der Waals surface area contributed by atoms with Gasteiger partial charge in [-0.2, -0.15) is 18.3 Å². The van der Waals surface area contributed by atoms with Gasteiger partial charge >= 0.3 is 12.1 Å². The van der Waals surface area contributed by atoms with Gasteiger partial charge in [-0.05, 0) is 6.92 Å². The Bertz CT molecular complexity index is 397. The zero-order chi connectivity index (χ0) is 12.6. The maximum absolute atomic E-state index is 12.2. The largest absolute Gasteiger partial charge is 0.480 e. The molecule has 90 valence electrons. The van der Waals surface area contributed by atoms with E-state index >= 15 is 0 Å². The van der Waals surface area contributed by atoms with Crippen molar-refractivity contribution in [3.63, 3.8) is 0 Å². The van der Waals surface area contributed by atoms with E-state index in [0.717, 1.165) is 4.68 Å². The fraction of sp³-hybridized carbons (Fsp3) is 0.500. The molecule has 1 aromatic heterocycles. The topological polar surface area (TPSA) is 81.1 Å². The molecule has 16 heavy (non-hydrogen) atoms. The quantitative estimate of drug-likeness (QED) is 0.810. The average molecular weight is 237 g/mol. The summed E-state index contributed by atoms with van der Waals surface area (Å²) >= 11 is 0. The third-order valence-corrected chi connectivity index (χ3v) is 1.94. The second-order valence-corrected chi connectivity index (χ2v) is 3.65. The van der Waals surface area contributed by atoms with Crippen molar-refractivity contribution in [3.8, 4) is 0 Å². The van der Waals surface area contributed by atoms with Crippen molar-refractivity contribution < 1.29 is 23.1 Å². The number of hydrogen-bond donors (Lipinski definition) is 2. The molecular formula is C8H10F3N3O2. The monoisotopic (exact) mass is 237 g/mol. The van der Waals surface area contributed by atoms with E-state index in [1.807, 2.05) is 0 Å². The lowest BCUT2D eigenvalue weighted by molar-refractivity contribution is -0.143. The molecule has 0 aliphatic carbocycles. The van der Waals surface area contributed by atoms with Crippen LogP contribution in [0.1, 0.15) is 12.5 Å². The number of nitrogens with two attached hydrogens (primary N) is 1. The first-order chi connectivity index (χ1) is 7.13. The molecule has 0 saturated heterocycles. The van der Waals surface area contributed by atoms with Crippen LogP contribution in [0, 0.1) is 0 Å². The smallest absolute Gasteiger partial charge is 0.419 e. The van der Waals surface area contributed by atoms with Crippen molar-refractivity contribution in [1.29, 1.82) is 0 Å². The van der Waals surface area contributed by atoms with E-state index in [2.05, 4.69) is 5.10 Å². The number of carboxylic acids is 1. The second-order valence-electron chi connectivity index (χ2n) is 3.65. The van der Waals surface area contributed by atoms with Crippen LogP contribution in [0.4, 0.5) is 13.2 Å². The van der Waals surface area contributed by atoms with Crippen molar-refractivity contribution >= 4 is 5.97 Å². The standard InChI is InChI=1S/C8H10F3N3O2/c1-7(12,6(15)16)4-14-3-5(2-13-14)8(9,10)11/h2-3H,4,12H2,1H3,(H,15,16). The van der Waals surface area contributed by atoms with Crippen LogP contribution in [0.3, 0.4) is 0 Å². The zero-order valence-electron chi connectivity index (χ0n) is 8.32. The number of hydrogen-bond acceptors (Lipinski definition) is 3. The molecule has 0 bridgehead atoms. The number of nitrogens with zero attached hydrogens (tertiary/aromatic N) is 2. The highest BCUT2D eigenvalue weighted by Crippen LogP contribution is 2.28. The summed E-state index contributed by atoms with van der Waals surface area (Å²) in [4.78, 5) is 10.6. The summed E-state index contributed by atoms with van der Waals surface area (Å²) in [6.45, 7) is 0.864. The van der Waals surface area contributed by atoms with E-state index in [9.17, 15) is 18.0 Å². The summed E-state index contributed by atoms with van der Waals surface area (Å²) in [6.07, 6.45) is -3.15. The van der Waals surface area contributed by atoms with Crippen LogP contribution in [-0.2, 0) is 17.5 Å². The third-order valence-electron chi connectivity index (χ3n) is 1.94. The molecular weight excluding hydrogens is 227 g/mol. The van der Waals surface area contributed by atoms with Crippen LogP contribution in [0.2, 0.25) is 0 Å². The first-order valence-corrected chi connectivity index (χ1v) is 4.25. The maximum atomic E-state index is 12.2. The number of carbonyl (C=O) groups is 1. The van der Waals surface area contributed by atoms with Crippen molar-refractivity contribution in [2.75, 3.05) is 0 Å². The lowest BCUT2D eigenvalue weighted by Gasteiger charge is -2.18. The first-order valence-electron chi connectivity index (χ1n) is 4.25. The number of aromatic nitrogens is 2. The molecule has 8 heteroatoms. The predicted molar refractivity (Wildman–Crippen MR) is 47.5 cm³/mol. The molecule has 1 unspecified atom stereocenters. The van der Waals surface area contributed by atoms with Gasteiger partial charge < -0.3 is 10.8 Å². The normalized spacial score (nSPS) is 15.8. The Kier molecular flexibility index (Phi) is 2.95. The van der Waals surface area contributed by atoms with E-state index in [1.165, 1.54) is 6.92 Å². The van der Waals surface area contributed by atoms with Gasteiger partial charge in [0.05, 0.1) is 18.3 Å². The molecule has 1 atom stereocenters. The molecule has 0 aromatic carbocycles. The number of alkyl halides is 3. The van der Waals surface area contributed by atoms with Crippen LogP contribution >= 0.6 is 0 Å². The van der Waals surface area contributed by atoms with E-state index < -0.39 is 23.2 Å². The highest BCUT2D eigenvalue weighted by Gasteiger charge is 2.34. The summed E-state index contributed by atoms with van der Waals surface area (Å²) in [6, 6.07) is 0. The molecule has 0 amide bonds. The Hall–Kier alpha value is -1.57. The van der Waals surface area contributed by atoms with Gasteiger partial charge in [0.1, 0.15) is 5.54 Å². The second kappa shape index (κ2) is 3.78. The summed E-state index contributed by atoms with van der Waals surface area (Å²) in [5.41, 5.74) is 2.77. The molecule has 1 rings (SSSR count). The minimum absolute atomic E-state index is 0.335. The summed E-state index contributed by atoms with van der Waals surface area (Å²) < 4.78 is 37.4. The van der Waals surface area contributed by atoms with Gasteiger partial charge in [0.25, 0.3) is 0 Å². The Morgan fingerprint density at radius 3 is 2.56 bits per heavy atom. The van der Waals surface area contributed by atoms with Gasteiger partial charge in [-0.25, -0.2) is 0 Å². The van der Waals surface area contributed by atoms with Gasteiger partial charge in [-0.15, -0.1) is 0 Å². The SMILES string of the molecule is CC(N)(Cn1cc(C(F)(F)F)cn1)C(=O)O. The van der Waals surface area contributed by atoms with Crippen molar-refractivity contribution in [2.45, 2.75) is 25.2 Å². The van der Waals surface area contributed by atoms with Crippen LogP contribution in [0.5, 0.6) is 0 Å². The fourth-order valence-corrected chi connectivity index (χ4v) is 1.00. The molecule has 1 heterocycles. The third kappa shape index (κ3) is 2.72. The molecule has 5 nitrogen and oxygen atoms in total. The highest BCUT2D eigenvalue weighted by molar-refractivity contribution is 5.77. The molecule has 3 N–H and O–H groups in total. The number of rotatable bonds is 3. The Labute approximate surface area is 88.7 Å². The van der Waals surface area contributed by atoms with E-state index in [1.54, 1.807) is 0 Å². The summed E-state index contributed by atoms with van der Waals surface area (Å²) in [7, 11) is 0. The summed E-state index contributed by atoms with van der Waals surface area (Å²) in [5.74, 6) is -1.31. The van der Waals surface area contributed by atoms with Crippen LogP contribution in [-0.4, -0.2) is 26.4 Å². The number of halogens is 3. The molecule has 0 aliphatic heterocycles. The molecule has 1 aromatic rings. The fourth-order valence-electron chi connectivity index (χ4n) is 1.00. The predicted octanol–water partition coefficient (Wildman–Crippen LogP) is 0.704. The van der Waals surface area contributed by atoms with Gasteiger partial charge in [0, 0.05) is 6.20 Å². The van der Waals surface area contributed by atoms with E-state index in [4.69, 9.17) is 10.8 Å². The number of aliphatic carboxylic acids is 1. The van der Waals surface area contributed by atoms with E-state index in [0.29, 0.717) is 12.4 Å². The average Bonchev–Trinajstić information content (AvgIpc) is 2.50. The van der Waals surface area contributed by atoms with Crippen LogP contribution in [0.15, 0.2) is 12.4 Å². The summed E-state index contributed by atoms with van der Waals surface area (Å²) in [5, 5.41) is 12.1. The lowest BCUT2D eigenvalue weighted by atomic mass is 10.1. The van der Waals surface area contributed by atoms with Crippen molar-refractivity contribution in [2.24, 2.45) is 5.73 Å². The number of carboxylic acid groups (broad SMARTS) is 1. The Balaban J connectivity index is 2.85. The molecule has 0 fully saturated rings. The Morgan fingerprint density at radius 1 is 1.62 bits per heavy atom. The van der Waals surface area contributed by atoms with Crippen LogP contribution < -0.4 is 5.73 Å². The molecule has 0 spiro atoms. The maximum Gasteiger partial charge on any atom is 0.419 e. The molecule has 0 saturated carbocycles. The van der Waals surface area contributed by atoms with Gasteiger partial charge in [-0.1, -0.05) is 0 Å². The highest BCUT2D eigenvalue weighted by atomic mass is 19.4. The minimum atomic E-state index is -4.49. The Morgan fingerprint density at radius 2 is 2.19 bits per heavy atom. The van der Waals surface area contributed by atoms with Gasteiger partial charge in [0.15, 0.2) is 0 Å².